The second-order valence-electron chi connectivity index (χ2n) is 4.63. The van der Waals surface area contributed by atoms with Crippen molar-refractivity contribution in [2.45, 2.75) is 26.4 Å². The van der Waals surface area contributed by atoms with Crippen LogP contribution in [0.2, 0.25) is 0 Å². The zero-order valence-electron chi connectivity index (χ0n) is 11.5. The Labute approximate surface area is 122 Å². The number of nitrogens with one attached hydrogen (secondary N) is 1. The molecule has 0 unspecified atom stereocenters. The number of carbonyl (C=O) groups is 1. The molecule has 0 spiro atoms. The molecule has 0 aliphatic rings. The average Bonchev–Trinajstić information content (AvgIpc) is 2.88. The van der Waals surface area contributed by atoms with Crippen molar-refractivity contribution in [1.82, 2.24) is 10.2 Å². The molecule has 0 bridgehead atoms. The van der Waals surface area contributed by atoms with Crippen LogP contribution in [0, 0.1) is 0 Å². The summed E-state index contributed by atoms with van der Waals surface area (Å²) < 4.78 is 5.35. The van der Waals surface area contributed by atoms with Gasteiger partial charge in [0.1, 0.15) is 11.6 Å². The third-order valence-electron chi connectivity index (χ3n) is 2.53. The molecule has 106 valence electrons. The number of amides is 1. The minimum absolute atomic E-state index is 0.00544. The fraction of sp³-hybridized carbons (Fsp3) is 0.357. The van der Waals surface area contributed by atoms with Gasteiger partial charge in [0.2, 0.25) is 5.13 Å². The summed E-state index contributed by atoms with van der Waals surface area (Å²) >= 11 is 1.39. The van der Waals surface area contributed by atoms with E-state index < -0.39 is 0 Å². The number of hydrogen-bond acceptors (Lipinski definition) is 5. The highest BCUT2D eigenvalue weighted by atomic mass is 32.1. The number of ether oxygens (including phenoxy) is 1. The molecule has 2 aromatic rings. The summed E-state index contributed by atoms with van der Waals surface area (Å²) in [6.45, 7) is 4.50. The summed E-state index contributed by atoms with van der Waals surface area (Å²) in [4.78, 5) is 11.7. The predicted molar refractivity (Wildman–Crippen MR) is 78.7 cm³/mol. The van der Waals surface area contributed by atoms with Gasteiger partial charge in [0.15, 0.2) is 0 Å². The fourth-order valence-corrected chi connectivity index (χ4v) is 2.27. The second-order valence-corrected chi connectivity index (χ2v) is 5.64. The third-order valence-corrected chi connectivity index (χ3v) is 3.66. The van der Waals surface area contributed by atoms with Crippen LogP contribution in [0.1, 0.15) is 30.3 Å². The van der Waals surface area contributed by atoms with Crippen LogP contribution in [0.25, 0.3) is 0 Å². The van der Waals surface area contributed by atoms with Gasteiger partial charge in [0.25, 0.3) is 5.91 Å². The molecule has 1 heterocycles. The lowest BCUT2D eigenvalue weighted by molar-refractivity contribution is -0.121. The summed E-state index contributed by atoms with van der Waals surface area (Å²) in [5, 5.41) is 12.0. The Morgan fingerprint density at radius 3 is 2.70 bits per heavy atom. The van der Waals surface area contributed by atoms with Gasteiger partial charge in [-0.15, -0.1) is 10.2 Å². The van der Waals surface area contributed by atoms with Crippen molar-refractivity contribution in [3.05, 3.63) is 40.9 Å². The van der Waals surface area contributed by atoms with Crippen LogP contribution in [-0.2, 0) is 16.1 Å². The molecular formula is C14H17N3O2S. The molecule has 0 aliphatic heterocycles. The van der Waals surface area contributed by atoms with Crippen LogP contribution in [0.5, 0.6) is 0 Å². The lowest BCUT2D eigenvalue weighted by Crippen LogP contribution is -2.18. The molecule has 2 rings (SSSR count). The largest absolute Gasteiger partial charge is 0.367 e. The summed E-state index contributed by atoms with van der Waals surface area (Å²) in [5.41, 5.74) is 1.04. The molecule has 0 fully saturated rings. The number of nitrogens with zero attached hydrogens (tertiary/aromatic N) is 2. The molecule has 0 aliphatic carbocycles. The average molecular weight is 291 g/mol. The minimum Gasteiger partial charge on any atom is -0.367 e. The van der Waals surface area contributed by atoms with Crippen molar-refractivity contribution >= 4 is 22.4 Å². The second kappa shape index (κ2) is 7.12. The summed E-state index contributed by atoms with van der Waals surface area (Å²) in [6.07, 6.45) is 0. The molecule has 5 nitrogen and oxygen atoms in total. The van der Waals surface area contributed by atoms with Gasteiger partial charge in [-0.1, -0.05) is 55.5 Å². The standard InChI is InChI=1S/C14H17N3O2S/c1-10(2)13-16-17-14(20-13)15-12(18)9-19-8-11-6-4-3-5-7-11/h3-7,10H,8-9H2,1-2H3,(H,15,17,18). The van der Waals surface area contributed by atoms with E-state index in [1.54, 1.807) is 0 Å². The Morgan fingerprint density at radius 1 is 1.30 bits per heavy atom. The van der Waals surface area contributed by atoms with Crippen molar-refractivity contribution in [2.24, 2.45) is 0 Å². The van der Waals surface area contributed by atoms with E-state index in [4.69, 9.17) is 4.74 Å². The maximum Gasteiger partial charge on any atom is 0.252 e. The fourth-order valence-electron chi connectivity index (χ4n) is 1.51. The van der Waals surface area contributed by atoms with Crippen LogP contribution < -0.4 is 5.32 Å². The number of aromatic nitrogens is 2. The molecular weight excluding hydrogens is 274 g/mol. The third kappa shape index (κ3) is 4.40. The number of hydrogen-bond donors (Lipinski definition) is 1. The number of anilines is 1. The van der Waals surface area contributed by atoms with Crippen LogP contribution >= 0.6 is 11.3 Å². The van der Waals surface area contributed by atoms with Gasteiger partial charge in [-0.2, -0.15) is 0 Å². The van der Waals surface area contributed by atoms with E-state index >= 15 is 0 Å². The summed E-state index contributed by atoms with van der Waals surface area (Å²) in [7, 11) is 0. The van der Waals surface area contributed by atoms with E-state index in [1.807, 2.05) is 44.2 Å². The molecule has 0 saturated carbocycles. The Morgan fingerprint density at radius 2 is 2.05 bits per heavy atom. The quantitative estimate of drug-likeness (QED) is 0.889. The van der Waals surface area contributed by atoms with E-state index in [0.717, 1.165) is 10.6 Å². The van der Waals surface area contributed by atoms with E-state index in [1.165, 1.54) is 11.3 Å². The van der Waals surface area contributed by atoms with E-state index in [2.05, 4.69) is 15.5 Å². The van der Waals surface area contributed by atoms with Crippen molar-refractivity contribution in [2.75, 3.05) is 11.9 Å². The van der Waals surface area contributed by atoms with Crippen LogP contribution in [0.3, 0.4) is 0 Å². The zero-order valence-corrected chi connectivity index (χ0v) is 12.3. The molecule has 6 heteroatoms. The maximum atomic E-state index is 11.7. The Bertz CT molecular complexity index is 555. The SMILES string of the molecule is CC(C)c1nnc(NC(=O)COCc2ccccc2)s1. The molecule has 1 aromatic heterocycles. The van der Waals surface area contributed by atoms with Gasteiger partial charge in [-0.05, 0) is 5.56 Å². The van der Waals surface area contributed by atoms with Crippen molar-refractivity contribution in [3.63, 3.8) is 0 Å². The zero-order chi connectivity index (χ0) is 14.4. The minimum atomic E-state index is -0.215. The first-order valence-corrected chi connectivity index (χ1v) is 7.21. The highest BCUT2D eigenvalue weighted by molar-refractivity contribution is 7.15. The Hall–Kier alpha value is -1.79. The van der Waals surface area contributed by atoms with Crippen molar-refractivity contribution < 1.29 is 9.53 Å². The van der Waals surface area contributed by atoms with Gasteiger partial charge in [0.05, 0.1) is 6.61 Å². The van der Waals surface area contributed by atoms with Gasteiger partial charge >= 0.3 is 0 Å². The van der Waals surface area contributed by atoms with Gasteiger partial charge in [0, 0.05) is 5.92 Å². The van der Waals surface area contributed by atoms with E-state index in [0.29, 0.717) is 17.7 Å². The number of benzene rings is 1. The van der Waals surface area contributed by atoms with Crippen LogP contribution in [0.15, 0.2) is 30.3 Å². The molecule has 1 N–H and O–H groups in total. The number of carbonyl (C=O) groups excluding carboxylic acids is 1. The normalized spacial score (nSPS) is 10.8. The molecule has 0 radical (unpaired) electrons. The monoisotopic (exact) mass is 291 g/mol. The van der Waals surface area contributed by atoms with Gasteiger partial charge in [-0.25, -0.2) is 0 Å². The molecule has 0 atom stereocenters. The molecule has 1 aromatic carbocycles. The first-order valence-electron chi connectivity index (χ1n) is 6.40. The van der Waals surface area contributed by atoms with Crippen molar-refractivity contribution in [1.29, 1.82) is 0 Å². The lowest BCUT2D eigenvalue weighted by atomic mass is 10.2. The van der Waals surface area contributed by atoms with E-state index in [-0.39, 0.29) is 12.5 Å². The van der Waals surface area contributed by atoms with Crippen LogP contribution in [-0.4, -0.2) is 22.7 Å². The smallest absolute Gasteiger partial charge is 0.252 e. The molecule has 0 saturated heterocycles. The van der Waals surface area contributed by atoms with Crippen LogP contribution in [0.4, 0.5) is 5.13 Å². The summed E-state index contributed by atoms with van der Waals surface area (Å²) in [6, 6.07) is 9.73. The van der Waals surface area contributed by atoms with Gasteiger partial charge < -0.3 is 4.74 Å². The molecule has 1 amide bonds. The first kappa shape index (κ1) is 14.6. The predicted octanol–water partition coefficient (Wildman–Crippen LogP) is 2.82. The topological polar surface area (TPSA) is 64.1 Å². The molecule has 20 heavy (non-hydrogen) atoms. The highest BCUT2D eigenvalue weighted by Gasteiger charge is 2.10. The Balaban J connectivity index is 1.75. The van der Waals surface area contributed by atoms with Gasteiger partial charge in [-0.3, -0.25) is 10.1 Å². The highest BCUT2D eigenvalue weighted by Crippen LogP contribution is 2.22. The summed E-state index contributed by atoms with van der Waals surface area (Å²) in [5.74, 6) is 0.0971. The number of rotatable bonds is 6. The Kier molecular flexibility index (Phi) is 5.20. The maximum absolute atomic E-state index is 11.7. The first-order chi connectivity index (χ1) is 9.65. The lowest BCUT2D eigenvalue weighted by Gasteiger charge is -2.03. The van der Waals surface area contributed by atoms with Crippen molar-refractivity contribution in [3.8, 4) is 0 Å². The van der Waals surface area contributed by atoms with E-state index in [9.17, 15) is 4.79 Å².